The first kappa shape index (κ1) is 30.1. The zero-order valence-electron chi connectivity index (χ0n) is 22.7. The highest BCUT2D eigenvalue weighted by molar-refractivity contribution is 7.90. The van der Waals surface area contributed by atoms with Crippen LogP contribution in [0.25, 0.3) is 11.3 Å². The first-order chi connectivity index (χ1) is 19.4. The molecule has 0 spiro atoms. The molecular weight excluding hydrogens is 583 g/mol. The maximum atomic E-state index is 13.9. The van der Waals surface area contributed by atoms with Crippen molar-refractivity contribution >= 4 is 27.3 Å². The summed E-state index contributed by atoms with van der Waals surface area (Å²) in [6.45, 7) is 3.00. The van der Waals surface area contributed by atoms with Crippen molar-refractivity contribution < 1.29 is 40.8 Å². The lowest BCUT2D eigenvalue weighted by molar-refractivity contribution is -0.384. The number of nitro benzene ring substituents is 1. The van der Waals surface area contributed by atoms with E-state index < -0.39 is 48.7 Å². The molecule has 4 rings (SSSR count). The van der Waals surface area contributed by atoms with E-state index in [9.17, 15) is 41.3 Å². The van der Waals surface area contributed by atoms with Gasteiger partial charge in [-0.2, -0.15) is 23.4 Å². The summed E-state index contributed by atoms with van der Waals surface area (Å²) < 4.78 is 73.2. The Morgan fingerprint density at radius 1 is 0.976 bits per heavy atom. The Bertz CT molecular complexity index is 1880. The van der Waals surface area contributed by atoms with E-state index in [-0.39, 0.29) is 45.3 Å². The van der Waals surface area contributed by atoms with E-state index in [2.05, 4.69) is 10.2 Å². The lowest BCUT2D eigenvalue weighted by atomic mass is 9.97. The van der Waals surface area contributed by atoms with Crippen molar-refractivity contribution in [3.8, 4) is 17.1 Å². The van der Waals surface area contributed by atoms with Gasteiger partial charge in [-0.1, -0.05) is 0 Å². The van der Waals surface area contributed by atoms with E-state index in [1.807, 2.05) is 0 Å². The molecule has 2 aromatic heterocycles. The molecule has 0 saturated heterocycles. The van der Waals surface area contributed by atoms with Crippen LogP contribution in [0.2, 0.25) is 0 Å². The van der Waals surface area contributed by atoms with E-state index in [4.69, 9.17) is 4.74 Å². The molecule has 2 aromatic carbocycles. The van der Waals surface area contributed by atoms with Crippen LogP contribution in [0.3, 0.4) is 0 Å². The van der Waals surface area contributed by atoms with Crippen LogP contribution in [0.1, 0.15) is 43.2 Å². The third kappa shape index (κ3) is 5.52. The number of sulfone groups is 1. The topological polar surface area (TPSA) is 156 Å². The van der Waals surface area contributed by atoms with Gasteiger partial charge in [0.15, 0.2) is 15.6 Å². The van der Waals surface area contributed by atoms with Gasteiger partial charge in [-0.15, -0.1) is 0 Å². The Morgan fingerprint density at radius 3 is 2.12 bits per heavy atom. The number of non-ortho nitro benzene ring substituents is 1. The fraction of sp³-hybridized carbons (Fsp3) is 0.231. The highest BCUT2D eigenvalue weighted by atomic mass is 32.2. The van der Waals surface area contributed by atoms with E-state index in [1.54, 1.807) is 6.92 Å². The van der Waals surface area contributed by atoms with Crippen LogP contribution in [0, 0.1) is 24.0 Å². The third-order valence-corrected chi connectivity index (χ3v) is 7.45. The lowest BCUT2D eigenvalue weighted by Crippen LogP contribution is -2.15. The zero-order chi connectivity index (χ0) is 31.3. The summed E-state index contributed by atoms with van der Waals surface area (Å²) in [5.74, 6) is -1.97. The van der Waals surface area contributed by atoms with Crippen molar-refractivity contribution in [1.29, 1.82) is 0 Å². The van der Waals surface area contributed by atoms with Gasteiger partial charge in [0, 0.05) is 38.0 Å². The van der Waals surface area contributed by atoms with Crippen LogP contribution in [-0.2, 0) is 30.1 Å². The number of aromatic nitrogens is 4. The smallest absolute Gasteiger partial charge is 0.403 e. The number of ether oxygens (including phenoxy) is 1. The molecule has 0 amide bonds. The average molecular weight is 606 g/mol. The van der Waals surface area contributed by atoms with Crippen molar-refractivity contribution in [3.63, 3.8) is 0 Å². The number of rotatable bonds is 7. The summed E-state index contributed by atoms with van der Waals surface area (Å²) in [7, 11) is -1.37. The molecule has 4 aromatic rings. The number of benzene rings is 2. The lowest BCUT2D eigenvalue weighted by Gasteiger charge is -2.13. The number of nitrogens with zero attached hydrogens (tertiary/aromatic N) is 5. The fourth-order valence-corrected chi connectivity index (χ4v) is 5.34. The Balaban J connectivity index is 1.86. The molecule has 2 heterocycles. The molecule has 0 N–H and O–H groups in total. The minimum Gasteiger partial charge on any atom is -0.403 e. The highest BCUT2D eigenvalue weighted by Gasteiger charge is 2.35. The van der Waals surface area contributed by atoms with Crippen molar-refractivity contribution in [2.24, 2.45) is 14.1 Å². The summed E-state index contributed by atoms with van der Waals surface area (Å²) >= 11 is 0. The summed E-state index contributed by atoms with van der Waals surface area (Å²) in [5, 5.41) is 19.5. The van der Waals surface area contributed by atoms with Crippen LogP contribution >= 0.6 is 0 Å². The Labute approximate surface area is 236 Å². The summed E-state index contributed by atoms with van der Waals surface area (Å²) in [6, 6.07) is 6.45. The number of nitro groups is 1. The summed E-state index contributed by atoms with van der Waals surface area (Å²) in [5.41, 5.74) is -1.57. The van der Waals surface area contributed by atoms with Gasteiger partial charge in [0.05, 0.1) is 49.2 Å². The molecule has 16 heteroatoms. The number of alkyl halides is 3. The number of ketones is 1. The third-order valence-electron chi connectivity index (χ3n) is 6.31. The van der Waals surface area contributed by atoms with Crippen LogP contribution < -0.4 is 4.74 Å². The Kier molecular flexibility index (Phi) is 7.54. The first-order valence-corrected chi connectivity index (χ1v) is 13.8. The Hall–Kier alpha value is -4.86. The number of halogens is 3. The van der Waals surface area contributed by atoms with Gasteiger partial charge >= 0.3 is 12.1 Å². The van der Waals surface area contributed by atoms with Gasteiger partial charge in [0.2, 0.25) is 5.88 Å². The molecule has 220 valence electrons. The molecule has 0 aliphatic heterocycles. The number of carbonyl (C=O) groups excluding carboxylic acids is 2. The average Bonchev–Trinajstić information content (AvgIpc) is 3.33. The molecule has 0 fully saturated rings. The Morgan fingerprint density at radius 2 is 1.57 bits per heavy atom. The van der Waals surface area contributed by atoms with Crippen LogP contribution in [-0.4, -0.2) is 50.9 Å². The first-order valence-electron chi connectivity index (χ1n) is 11.9. The SMILES string of the molecule is Cc1nn(C)c(-c2c(C)nn(C)c2OC(=O)c2ccc([N+](=O)[O-])cc2)c1C(=O)c1ccc(C(F)(F)F)cc1S(C)(=O)=O. The molecule has 0 aliphatic carbocycles. The number of carbonyl (C=O) groups is 2. The molecular formula is C26H22F3N5O7S. The van der Waals surface area contributed by atoms with E-state index in [1.165, 1.54) is 42.5 Å². The molecule has 0 bridgehead atoms. The summed E-state index contributed by atoms with van der Waals surface area (Å²) in [4.78, 5) is 36.3. The molecule has 0 unspecified atom stereocenters. The van der Waals surface area contributed by atoms with E-state index >= 15 is 0 Å². The van der Waals surface area contributed by atoms with Gasteiger partial charge in [0.25, 0.3) is 5.69 Å². The predicted octanol–water partition coefficient (Wildman–Crippen LogP) is 4.22. The predicted molar refractivity (Wildman–Crippen MR) is 141 cm³/mol. The van der Waals surface area contributed by atoms with Crippen LogP contribution in [0.15, 0.2) is 47.4 Å². The summed E-state index contributed by atoms with van der Waals surface area (Å²) in [6.07, 6.45) is -4.16. The standard InChI is InChI=1S/C26H22F3N5O7S/c1-13-20(23(35)18-11-8-16(26(27,28)29)12-19(18)42(5,39)40)22(32(3)30-13)21-14(2)31-33(4)24(21)41-25(36)15-6-9-17(10-7-15)34(37)38/h6-12H,1-5H3. The maximum Gasteiger partial charge on any atom is 0.416 e. The van der Waals surface area contributed by atoms with Crippen molar-refractivity contribution in [2.75, 3.05) is 6.26 Å². The molecule has 0 saturated carbocycles. The molecule has 0 aliphatic rings. The minimum atomic E-state index is -4.86. The van der Waals surface area contributed by atoms with Crippen LogP contribution in [0.4, 0.5) is 18.9 Å². The largest absolute Gasteiger partial charge is 0.416 e. The second-order valence-electron chi connectivity index (χ2n) is 9.33. The fourth-order valence-electron chi connectivity index (χ4n) is 4.44. The van der Waals surface area contributed by atoms with E-state index in [0.29, 0.717) is 18.4 Å². The van der Waals surface area contributed by atoms with E-state index in [0.717, 1.165) is 18.2 Å². The molecule has 0 atom stereocenters. The number of hydrogen-bond donors (Lipinski definition) is 0. The second kappa shape index (κ2) is 10.5. The number of aryl methyl sites for hydroxylation is 4. The van der Waals surface area contributed by atoms with Gasteiger partial charge in [-0.25, -0.2) is 17.9 Å². The molecule has 42 heavy (non-hydrogen) atoms. The van der Waals surface area contributed by atoms with Gasteiger partial charge in [-0.05, 0) is 44.2 Å². The minimum absolute atomic E-state index is 0.0227. The highest BCUT2D eigenvalue weighted by Crippen LogP contribution is 2.39. The zero-order valence-corrected chi connectivity index (χ0v) is 23.5. The number of esters is 1. The van der Waals surface area contributed by atoms with Gasteiger partial charge < -0.3 is 4.74 Å². The normalized spacial score (nSPS) is 11.9. The van der Waals surface area contributed by atoms with Gasteiger partial charge in [-0.3, -0.25) is 19.6 Å². The second-order valence-corrected chi connectivity index (χ2v) is 11.3. The van der Waals surface area contributed by atoms with Crippen molar-refractivity contribution in [3.05, 3.63) is 86.2 Å². The quantitative estimate of drug-likeness (QED) is 0.130. The van der Waals surface area contributed by atoms with Crippen molar-refractivity contribution in [1.82, 2.24) is 19.6 Å². The monoisotopic (exact) mass is 605 g/mol. The molecule has 12 nitrogen and oxygen atoms in total. The maximum absolute atomic E-state index is 13.9. The van der Waals surface area contributed by atoms with Crippen LogP contribution in [0.5, 0.6) is 5.88 Å². The number of hydrogen-bond acceptors (Lipinski definition) is 9. The molecule has 0 radical (unpaired) electrons. The van der Waals surface area contributed by atoms with Crippen molar-refractivity contribution in [2.45, 2.75) is 24.9 Å². The van der Waals surface area contributed by atoms with Gasteiger partial charge in [0.1, 0.15) is 0 Å².